The number of nitrogen functional groups attached to an aromatic ring is 1. The van der Waals surface area contributed by atoms with E-state index in [1.54, 1.807) is 0 Å². The third-order valence-electron chi connectivity index (χ3n) is 3.26. The summed E-state index contributed by atoms with van der Waals surface area (Å²) in [5, 5.41) is 0. The molecule has 5 heteroatoms. The average Bonchev–Trinajstić information content (AvgIpc) is 2.82. The first-order valence-electron chi connectivity index (χ1n) is 6.63. The van der Waals surface area contributed by atoms with E-state index in [9.17, 15) is 9.59 Å². The van der Waals surface area contributed by atoms with Crippen molar-refractivity contribution in [3.8, 4) is 0 Å². The third-order valence-corrected chi connectivity index (χ3v) is 5.39. The second-order valence-corrected chi connectivity index (χ2v) is 7.19. The summed E-state index contributed by atoms with van der Waals surface area (Å²) in [6.07, 6.45) is 0.631. The molecule has 0 unspecified atom stereocenters. The monoisotopic (exact) mass is 346 g/mol. The molecule has 0 bridgehead atoms. The standard InChI is InChI=1S/C16H14N2O2Se/c17-11-1-5-13(6-2-11)21-14-7-3-12(4-8-14)18-15(19)9-10-16(18)20/h1-8H,9-10,17H2. The fourth-order valence-electron chi connectivity index (χ4n) is 2.20. The molecule has 2 amide bonds. The van der Waals surface area contributed by atoms with Crippen LogP contribution in [-0.4, -0.2) is 26.8 Å². The van der Waals surface area contributed by atoms with Crippen molar-refractivity contribution < 1.29 is 9.59 Å². The molecule has 0 saturated carbocycles. The van der Waals surface area contributed by atoms with E-state index in [0.717, 1.165) is 5.69 Å². The molecular weight excluding hydrogens is 331 g/mol. The summed E-state index contributed by atoms with van der Waals surface area (Å²) in [7, 11) is 0. The predicted molar refractivity (Wildman–Crippen MR) is 84.0 cm³/mol. The Morgan fingerprint density at radius 1 is 0.810 bits per heavy atom. The van der Waals surface area contributed by atoms with E-state index in [-0.39, 0.29) is 26.8 Å². The van der Waals surface area contributed by atoms with Gasteiger partial charge >= 0.3 is 129 Å². The van der Waals surface area contributed by atoms with E-state index in [0.29, 0.717) is 18.5 Å². The zero-order valence-electron chi connectivity index (χ0n) is 11.3. The van der Waals surface area contributed by atoms with Gasteiger partial charge in [0.25, 0.3) is 0 Å². The Kier molecular flexibility index (Phi) is 3.77. The molecule has 1 aliphatic rings. The summed E-state index contributed by atoms with van der Waals surface area (Å²) in [6, 6.07) is 15.5. The molecule has 1 heterocycles. The van der Waals surface area contributed by atoms with Gasteiger partial charge in [-0.3, -0.25) is 0 Å². The molecular formula is C16H14N2O2Se. The van der Waals surface area contributed by atoms with Gasteiger partial charge in [0.05, 0.1) is 0 Å². The second-order valence-electron chi connectivity index (χ2n) is 4.79. The van der Waals surface area contributed by atoms with Gasteiger partial charge in [-0.05, 0) is 0 Å². The van der Waals surface area contributed by atoms with Crippen molar-refractivity contribution in [1.82, 2.24) is 0 Å². The number of anilines is 2. The molecule has 0 spiro atoms. The summed E-state index contributed by atoms with van der Waals surface area (Å²) in [5.74, 6) is -0.228. The van der Waals surface area contributed by atoms with Crippen LogP contribution in [0.2, 0.25) is 0 Å². The quantitative estimate of drug-likeness (QED) is 0.503. The number of benzene rings is 2. The minimum absolute atomic E-state index is 0.114. The van der Waals surface area contributed by atoms with E-state index >= 15 is 0 Å². The van der Waals surface area contributed by atoms with Crippen LogP contribution in [0.5, 0.6) is 0 Å². The Morgan fingerprint density at radius 2 is 1.29 bits per heavy atom. The summed E-state index contributed by atoms with van der Waals surface area (Å²) < 4.78 is 2.42. The number of nitrogens with two attached hydrogens (primary N) is 1. The van der Waals surface area contributed by atoms with Crippen molar-refractivity contribution >= 4 is 47.1 Å². The van der Waals surface area contributed by atoms with Gasteiger partial charge in [0.1, 0.15) is 0 Å². The fraction of sp³-hybridized carbons (Fsp3) is 0.125. The second kappa shape index (κ2) is 5.72. The Morgan fingerprint density at radius 3 is 1.81 bits per heavy atom. The van der Waals surface area contributed by atoms with Crippen molar-refractivity contribution in [3.05, 3.63) is 48.5 Å². The van der Waals surface area contributed by atoms with Crippen LogP contribution < -0.4 is 19.6 Å². The van der Waals surface area contributed by atoms with Gasteiger partial charge in [-0.15, -0.1) is 0 Å². The molecule has 2 N–H and O–H groups in total. The van der Waals surface area contributed by atoms with Crippen molar-refractivity contribution in [2.45, 2.75) is 12.8 Å². The zero-order valence-corrected chi connectivity index (χ0v) is 13.0. The summed E-state index contributed by atoms with van der Waals surface area (Å²) in [6.45, 7) is 0. The molecule has 106 valence electrons. The van der Waals surface area contributed by atoms with Gasteiger partial charge in [0.15, 0.2) is 0 Å². The van der Waals surface area contributed by atoms with E-state index in [1.807, 2.05) is 48.5 Å². The fourth-order valence-corrected chi connectivity index (χ4v) is 3.91. The number of carbonyl (C=O) groups is 2. The SMILES string of the molecule is Nc1ccc([Se]c2ccc(N3C(=O)CCC3=O)cc2)cc1. The first-order chi connectivity index (χ1) is 10.1. The van der Waals surface area contributed by atoms with Crippen molar-refractivity contribution in [3.63, 3.8) is 0 Å². The van der Waals surface area contributed by atoms with Crippen LogP contribution in [0.4, 0.5) is 11.4 Å². The number of nitrogens with zero attached hydrogens (tertiary/aromatic N) is 1. The predicted octanol–water partition coefficient (Wildman–Crippen LogP) is 0.577. The van der Waals surface area contributed by atoms with Gasteiger partial charge in [-0.1, -0.05) is 0 Å². The van der Waals surface area contributed by atoms with E-state index in [1.165, 1.54) is 13.8 Å². The van der Waals surface area contributed by atoms with E-state index in [4.69, 9.17) is 5.73 Å². The first-order valence-corrected chi connectivity index (χ1v) is 8.34. The third kappa shape index (κ3) is 2.99. The van der Waals surface area contributed by atoms with Crippen molar-refractivity contribution in [1.29, 1.82) is 0 Å². The molecule has 2 aromatic carbocycles. The van der Waals surface area contributed by atoms with Crippen molar-refractivity contribution in [2.24, 2.45) is 0 Å². The van der Waals surface area contributed by atoms with Gasteiger partial charge in [0.2, 0.25) is 0 Å². The van der Waals surface area contributed by atoms with Gasteiger partial charge < -0.3 is 0 Å². The van der Waals surface area contributed by atoms with Gasteiger partial charge in [-0.2, -0.15) is 0 Å². The number of rotatable bonds is 3. The number of hydrogen-bond donors (Lipinski definition) is 1. The van der Waals surface area contributed by atoms with E-state index in [2.05, 4.69) is 0 Å². The first kappa shape index (κ1) is 13.9. The Bertz CT molecular complexity index is 664. The number of hydrogen-bond acceptors (Lipinski definition) is 3. The average molecular weight is 345 g/mol. The van der Waals surface area contributed by atoms with Crippen LogP contribution in [0.1, 0.15) is 12.8 Å². The van der Waals surface area contributed by atoms with Gasteiger partial charge in [0, 0.05) is 0 Å². The molecule has 1 aliphatic heterocycles. The Hall–Kier alpha value is -2.10. The Labute approximate surface area is 129 Å². The number of amides is 2. The molecule has 0 aliphatic carbocycles. The molecule has 0 atom stereocenters. The normalized spacial score (nSPS) is 14.8. The van der Waals surface area contributed by atoms with Crippen LogP contribution in [-0.2, 0) is 9.59 Å². The molecule has 1 fully saturated rings. The van der Waals surface area contributed by atoms with Crippen LogP contribution in [0, 0.1) is 0 Å². The minimum atomic E-state index is -0.114. The zero-order chi connectivity index (χ0) is 14.8. The molecule has 0 aromatic heterocycles. The molecule has 21 heavy (non-hydrogen) atoms. The molecule has 4 nitrogen and oxygen atoms in total. The van der Waals surface area contributed by atoms with Gasteiger partial charge in [-0.25, -0.2) is 0 Å². The summed E-state index contributed by atoms with van der Waals surface area (Å²) >= 11 is 0.186. The van der Waals surface area contributed by atoms with Crippen LogP contribution in [0.3, 0.4) is 0 Å². The number of imide groups is 1. The Balaban J connectivity index is 1.76. The molecule has 2 aromatic rings. The maximum atomic E-state index is 11.7. The van der Waals surface area contributed by atoms with Crippen molar-refractivity contribution in [2.75, 3.05) is 10.6 Å². The molecule has 0 radical (unpaired) electrons. The summed E-state index contributed by atoms with van der Waals surface area (Å²) in [4.78, 5) is 24.7. The van der Waals surface area contributed by atoms with E-state index < -0.39 is 0 Å². The summed E-state index contributed by atoms with van der Waals surface area (Å²) in [5.41, 5.74) is 7.10. The topological polar surface area (TPSA) is 63.4 Å². The van der Waals surface area contributed by atoms with Crippen LogP contribution in [0.15, 0.2) is 48.5 Å². The maximum absolute atomic E-state index is 11.7. The van der Waals surface area contributed by atoms with Crippen LogP contribution >= 0.6 is 0 Å². The van der Waals surface area contributed by atoms with Crippen LogP contribution in [0.25, 0.3) is 0 Å². The molecule has 3 rings (SSSR count). The molecule has 1 saturated heterocycles. The number of carbonyl (C=O) groups excluding carboxylic acids is 2.